The number of aromatic amines is 1. The fourth-order valence-corrected chi connectivity index (χ4v) is 3.48. The van der Waals surface area contributed by atoms with Gasteiger partial charge in [0.2, 0.25) is 5.95 Å². The predicted octanol–water partition coefficient (Wildman–Crippen LogP) is 2.02. The third kappa shape index (κ3) is 1.74. The first-order chi connectivity index (χ1) is 9.85. The van der Waals surface area contributed by atoms with Crippen LogP contribution in [0.1, 0.15) is 10.4 Å². The zero-order valence-electron chi connectivity index (χ0n) is 11.1. The monoisotopic (exact) mass is 286 g/mol. The Bertz CT molecular complexity index is 761. The van der Waals surface area contributed by atoms with Gasteiger partial charge in [-0.05, 0) is 23.4 Å². The molecular formula is C13H14N6S. The second-order valence-electron chi connectivity index (χ2n) is 4.76. The summed E-state index contributed by atoms with van der Waals surface area (Å²) in [6, 6.07) is 2.20. The maximum absolute atomic E-state index is 4.61. The van der Waals surface area contributed by atoms with Crippen molar-refractivity contribution in [2.75, 3.05) is 23.8 Å². The molecule has 0 bridgehead atoms. The molecule has 3 aromatic heterocycles. The Hall–Kier alpha value is -2.15. The summed E-state index contributed by atoms with van der Waals surface area (Å²) in [4.78, 5) is 20.1. The summed E-state index contributed by atoms with van der Waals surface area (Å²) in [5, 5.41) is 5.17. The molecule has 0 unspecified atom stereocenters. The van der Waals surface area contributed by atoms with Crippen LogP contribution >= 0.6 is 11.3 Å². The molecule has 0 saturated carbocycles. The van der Waals surface area contributed by atoms with Crippen LogP contribution in [0, 0.1) is 0 Å². The number of rotatable bonds is 2. The Morgan fingerprint density at radius 3 is 3.25 bits per heavy atom. The highest BCUT2D eigenvalue weighted by atomic mass is 32.1. The minimum absolute atomic E-state index is 0.607. The van der Waals surface area contributed by atoms with Gasteiger partial charge >= 0.3 is 0 Å². The lowest BCUT2D eigenvalue weighted by atomic mass is 10.1. The fourth-order valence-electron chi connectivity index (χ4n) is 2.59. The smallest absolute Gasteiger partial charge is 0.226 e. The summed E-state index contributed by atoms with van der Waals surface area (Å²) in [5.41, 5.74) is 3.01. The van der Waals surface area contributed by atoms with E-state index >= 15 is 0 Å². The summed E-state index contributed by atoms with van der Waals surface area (Å²) in [6.07, 6.45) is 2.74. The maximum Gasteiger partial charge on any atom is 0.226 e. The van der Waals surface area contributed by atoms with Gasteiger partial charge in [-0.25, -0.2) is 4.98 Å². The number of hydrogen-bond acceptors (Lipinski definition) is 6. The molecule has 1 aliphatic heterocycles. The van der Waals surface area contributed by atoms with Crippen LogP contribution < -0.4 is 10.2 Å². The number of nitrogens with one attached hydrogen (secondary N) is 2. The number of aromatic nitrogens is 4. The second kappa shape index (κ2) is 4.45. The molecule has 1 aliphatic rings. The molecule has 0 spiro atoms. The molecule has 3 aromatic rings. The standard InChI is InChI=1S/C13H14N6S/c1-14-13-17-11-10(15-7-16-11)12(18-13)19-4-2-9-8(6-19)3-5-20-9/h3,5,7H,2,4,6H2,1H3,(H2,14,15,16,17,18). The van der Waals surface area contributed by atoms with Crippen LogP contribution in [0.15, 0.2) is 17.8 Å². The lowest BCUT2D eigenvalue weighted by Gasteiger charge is -2.28. The molecule has 0 fully saturated rings. The van der Waals surface area contributed by atoms with E-state index < -0.39 is 0 Å². The molecule has 0 aliphatic carbocycles. The number of thiophene rings is 1. The Labute approximate surface area is 119 Å². The summed E-state index contributed by atoms with van der Waals surface area (Å²) in [7, 11) is 1.82. The molecule has 0 saturated heterocycles. The van der Waals surface area contributed by atoms with E-state index in [4.69, 9.17) is 0 Å². The number of hydrogen-bond donors (Lipinski definition) is 2. The molecule has 0 atom stereocenters. The van der Waals surface area contributed by atoms with Crippen LogP contribution in [0.3, 0.4) is 0 Å². The number of anilines is 2. The molecule has 4 heterocycles. The minimum Gasteiger partial charge on any atom is -0.357 e. The van der Waals surface area contributed by atoms with Crippen molar-refractivity contribution in [2.45, 2.75) is 13.0 Å². The molecular weight excluding hydrogens is 272 g/mol. The van der Waals surface area contributed by atoms with Gasteiger partial charge in [0, 0.05) is 25.0 Å². The summed E-state index contributed by atoms with van der Waals surface area (Å²) in [5.74, 6) is 1.53. The Kier molecular flexibility index (Phi) is 2.59. The predicted molar refractivity (Wildman–Crippen MR) is 80.3 cm³/mol. The van der Waals surface area contributed by atoms with Gasteiger partial charge in [-0.3, -0.25) is 0 Å². The molecule has 102 valence electrons. The Morgan fingerprint density at radius 1 is 1.40 bits per heavy atom. The van der Waals surface area contributed by atoms with E-state index in [1.165, 1.54) is 10.4 Å². The van der Waals surface area contributed by atoms with Crippen LogP contribution in [-0.2, 0) is 13.0 Å². The average Bonchev–Trinajstić information content (AvgIpc) is 3.13. The highest BCUT2D eigenvalue weighted by molar-refractivity contribution is 7.10. The first-order valence-corrected chi connectivity index (χ1v) is 7.42. The van der Waals surface area contributed by atoms with Crippen molar-refractivity contribution < 1.29 is 0 Å². The molecule has 0 radical (unpaired) electrons. The van der Waals surface area contributed by atoms with Crippen LogP contribution in [-0.4, -0.2) is 33.5 Å². The summed E-state index contributed by atoms with van der Waals surface area (Å²) in [6.45, 7) is 1.87. The highest BCUT2D eigenvalue weighted by Gasteiger charge is 2.21. The zero-order valence-corrected chi connectivity index (χ0v) is 11.9. The van der Waals surface area contributed by atoms with Crippen LogP contribution in [0.2, 0.25) is 0 Å². The van der Waals surface area contributed by atoms with Crippen molar-refractivity contribution in [3.05, 3.63) is 28.2 Å². The maximum atomic E-state index is 4.61. The van der Waals surface area contributed by atoms with Gasteiger partial charge in [0.05, 0.1) is 6.33 Å². The molecule has 0 amide bonds. The molecule has 6 nitrogen and oxygen atoms in total. The number of fused-ring (bicyclic) bond motifs is 2. The largest absolute Gasteiger partial charge is 0.357 e. The lowest BCUT2D eigenvalue weighted by molar-refractivity contribution is 0.734. The normalized spacial score (nSPS) is 14.6. The molecule has 2 N–H and O–H groups in total. The molecule has 7 heteroatoms. The highest BCUT2D eigenvalue weighted by Crippen LogP contribution is 2.30. The third-order valence-corrected chi connectivity index (χ3v) is 4.62. The van der Waals surface area contributed by atoms with Crippen LogP contribution in [0.25, 0.3) is 11.2 Å². The lowest BCUT2D eigenvalue weighted by Crippen LogP contribution is -2.30. The van der Waals surface area contributed by atoms with Crippen molar-refractivity contribution in [1.82, 2.24) is 19.9 Å². The minimum atomic E-state index is 0.607. The van der Waals surface area contributed by atoms with E-state index in [-0.39, 0.29) is 0 Å². The van der Waals surface area contributed by atoms with Gasteiger partial charge in [-0.15, -0.1) is 11.3 Å². The van der Waals surface area contributed by atoms with Crippen LogP contribution in [0.5, 0.6) is 0 Å². The van der Waals surface area contributed by atoms with Gasteiger partial charge in [-0.2, -0.15) is 9.97 Å². The van der Waals surface area contributed by atoms with E-state index in [9.17, 15) is 0 Å². The third-order valence-electron chi connectivity index (χ3n) is 3.60. The second-order valence-corrected chi connectivity index (χ2v) is 5.76. The topological polar surface area (TPSA) is 69.7 Å². The number of imidazole rings is 1. The van der Waals surface area contributed by atoms with Crippen LogP contribution in [0.4, 0.5) is 11.8 Å². The van der Waals surface area contributed by atoms with E-state index in [1.807, 2.05) is 18.4 Å². The molecule has 20 heavy (non-hydrogen) atoms. The summed E-state index contributed by atoms with van der Waals surface area (Å²) < 4.78 is 0. The number of H-pyrrole nitrogens is 1. The quantitative estimate of drug-likeness (QED) is 0.754. The SMILES string of the molecule is CNc1nc(N2CCc3sccc3C2)c2[nH]cnc2n1. The Morgan fingerprint density at radius 2 is 2.35 bits per heavy atom. The zero-order chi connectivity index (χ0) is 13.5. The first kappa shape index (κ1) is 11.7. The van der Waals surface area contributed by atoms with Crippen molar-refractivity contribution in [2.24, 2.45) is 0 Å². The van der Waals surface area contributed by atoms with E-state index in [0.717, 1.165) is 30.8 Å². The summed E-state index contributed by atoms with van der Waals surface area (Å²) >= 11 is 1.84. The molecule has 4 rings (SSSR count). The van der Waals surface area contributed by atoms with Gasteiger partial charge < -0.3 is 15.2 Å². The first-order valence-electron chi connectivity index (χ1n) is 6.54. The molecule has 0 aromatic carbocycles. The van der Waals surface area contributed by atoms with Gasteiger partial charge in [-0.1, -0.05) is 0 Å². The van der Waals surface area contributed by atoms with Crippen molar-refractivity contribution in [3.8, 4) is 0 Å². The number of nitrogens with zero attached hydrogens (tertiary/aromatic N) is 4. The average molecular weight is 286 g/mol. The van der Waals surface area contributed by atoms with Crippen molar-refractivity contribution in [1.29, 1.82) is 0 Å². The Balaban J connectivity index is 1.80. The van der Waals surface area contributed by atoms with E-state index in [1.54, 1.807) is 6.33 Å². The van der Waals surface area contributed by atoms with Gasteiger partial charge in [0.15, 0.2) is 11.5 Å². The van der Waals surface area contributed by atoms with E-state index in [2.05, 4.69) is 41.6 Å². The van der Waals surface area contributed by atoms with Gasteiger partial charge in [0.25, 0.3) is 0 Å². The van der Waals surface area contributed by atoms with Gasteiger partial charge in [0.1, 0.15) is 5.52 Å². The fraction of sp³-hybridized carbons (Fsp3) is 0.308. The van der Waals surface area contributed by atoms with Crippen molar-refractivity contribution >= 4 is 34.3 Å². The van der Waals surface area contributed by atoms with Crippen molar-refractivity contribution in [3.63, 3.8) is 0 Å². The van der Waals surface area contributed by atoms with E-state index in [0.29, 0.717) is 11.6 Å².